The summed E-state index contributed by atoms with van der Waals surface area (Å²) in [6, 6.07) is 8.74. The van der Waals surface area contributed by atoms with Gasteiger partial charge in [-0.2, -0.15) is 0 Å². The lowest BCUT2D eigenvalue weighted by Gasteiger charge is -2.20. The molecule has 3 N–H and O–H groups in total. The monoisotopic (exact) mass is 345 g/mol. The predicted molar refractivity (Wildman–Crippen MR) is 96.0 cm³/mol. The van der Waals surface area contributed by atoms with Gasteiger partial charge in [-0.1, -0.05) is 37.5 Å². The fourth-order valence-electron chi connectivity index (χ4n) is 3.04. The smallest absolute Gasteiger partial charge is 0.251 e. The van der Waals surface area contributed by atoms with E-state index in [0.29, 0.717) is 31.0 Å². The van der Waals surface area contributed by atoms with E-state index in [-0.39, 0.29) is 24.3 Å². The van der Waals surface area contributed by atoms with Gasteiger partial charge in [0.1, 0.15) is 0 Å². The van der Waals surface area contributed by atoms with Crippen LogP contribution in [0.25, 0.3) is 0 Å². The highest BCUT2D eigenvalue weighted by Crippen LogP contribution is 2.25. The van der Waals surface area contributed by atoms with E-state index in [2.05, 4.69) is 16.0 Å². The molecule has 6 nitrogen and oxygen atoms in total. The van der Waals surface area contributed by atoms with Crippen molar-refractivity contribution in [2.24, 2.45) is 5.92 Å². The standard InChI is InChI=1S/C19H27N3O3/c23-17(13-15-7-3-1-4-8-15)20-11-12-21-18(24)14-22-19(25)16-9-5-2-6-10-16/h2,5-6,9-10,15H,1,3-4,7-8,11-14H2,(H,20,23)(H,21,24)(H,22,25). The zero-order valence-corrected chi connectivity index (χ0v) is 14.6. The molecule has 0 unspecified atom stereocenters. The van der Waals surface area contributed by atoms with E-state index in [9.17, 15) is 14.4 Å². The average Bonchev–Trinajstić information content (AvgIpc) is 2.65. The molecule has 6 heteroatoms. The Labute approximate surface area is 148 Å². The van der Waals surface area contributed by atoms with Crippen LogP contribution in [0.5, 0.6) is 0 Å². The van der Waals surface area contributed by atoms with Crippen LogP contribution >= 0.6 is 0 Å². The molecule has 0 heterocycles. The molecule has 3 amide bonds. The molecule has 1 aromatic rings. The molecule has 25 heavy (non-hydrogen) atoms. The van der Waals surface area contributed by atoms with E-state index in [1.807, 2.05) is 6.07 Å². The number of carbonyl (C=O) groups excluding carboxylic acids is 3. The first-order valence-electron chi connectivity index (χ1n) is 9.02. The number of amides is 3. The largest absolute Gasteiger partial charge is 0.354 e. The van der Waals surface area contributed by atoms with Crippen molar-refractivity contribution in [2.75, 3.05) is 19.6 Å². The minimum Gasteiger partial charge on any atom is -0.354 e. The molecule has 2 rings (SSSR count). The van der Waals surface area contributed by atoms with Crippen LogP contribution in [0.1, 0.15) is 48.9 Å². The fraction of sp³-hybridized carbons (Fsp3) is 0.526. The SMILES string of the molecule is O=C(CNC(=O)c1ccccc1)NCCNC(=O)CC1CCCCC1. The van der Waals surface area contributed by atoms with Gasteiger partial charge in [0.15, 0.2) is 0 Å². The second-order valence-electron chi connectivity index (χ2n) is 6.46. The summed E-state index contributed by atoms with van der Waals surface area (Å²) in [6.45, 7) is 0.685. The molecule has 1 fully saturated rings. The van der Waals surface area contributed by atoms with Crippen LogP contribution in [0.3, 0.4) is 0 Å². The first-order chi connectivity index (χ1) is 12.1. The van der Waals surface area contributed by atoms with Crippen LogP contribution in [0.4, 0.5) is 0 Å². The Bertz CT molecular complexity index is 569. The zero-order chi connectivity index (χ0) is 17.9. The Morgan fingerprint density at radius 1 is 0.840 bits per heavy atom. The molecule has 0 aromatic heterocycles. The maximum Gasteiger partial charge on any atom is 0.251 e. The molecular weight excluding hydrogens is 318 g/mol. The summed E-state index contributed by atoms with van der Waals surface area (Å²) in [5.74, 6) is 0.0115. The lowest BCUT2D eigenvalue weighted by Crippen LogP contribution is -2.40. The minimum absolute atomic E-state index is 0.0542. The Hall–Kier alpha value is -2.37. The van der Waals surface area contributed by atoms with E-state index < -0.39 is 0 Å². The van der Waals surface area contributed by atoms with Crippen molar-refractivity contribution < 1.29 is 14.4 Å². The van der Waals surface area contributed by atoms with Crippen LogP contribution < -0.4 is 16.0 Å². The van der Waals surface area contributed by atoms with Gasteiger partial charge in [-0.3, -0.25) is 14.4 Å². The summed E-state index contributed by atoms with van der Waals surface area (Å²) in [7, 11) is 0. The second-order valence-corrected chi connectivity index (χ2v) is 6.46. The molecule has 0 saturated heterocycles. The highest BCUT2D eigenvalue weighted by Gasteiger charge is 2.16. The van der Waals surface area contributed by atoms with Gasteiger partial charge in [0, 0.05) is 25.1 Å². The van der Waals surface area contributed by atoms with Gasteiger partial charge in [0.25, 0.3) is 5.91 Å². The summed E-state index contributed by atoms with van der Waals surface area (Å²) in [4.78, 5) is 35.4. The number of rotatable bonds is 8. The maximum atomic E-state index is 11.8. The lowest BCUT2D eigenvalue weighted by molar-refractivity contribution is -0.123. The van der Waals surface area contributed by atoms with E-state index >= 15 is 0 Å². The van der Waals surface area contributed by atoms with Gasteiger partial charge in [0.2, 0.25) is 11.8 Å². The molecule has 0 aliphatic heterocycles. The summed E-state index contributed by atoms with van der Waals surface area (Å²) in [5.41, 5.74) is 0.519. The van der Waals surface area contributed by atoms with Crippen LogP contribution in [0.2, 0.25) is 0 Å². The van der Waals surface area contributed by atoms with Crippen molar-refractivity contribution in [1.82, 2.24) is 16.0 Å². The fourth-order valence-corrected chi connectivity index (χ4v) is 3.04. The highest BCUT2D eigenvalue weighted by atomic mass is 16.2. The second kappa shape index (κ2) is 10.5. The van der Waals surface area contributed by atoms with Crippen LogP contribution in [-0.2, 0) is 9.59 Å². The van der Waals surface area contributed by atoms with Crippen molar-refractivity contribution in [2.45, 2.75) is 38.5 Å². The Balaban J connectivity index is 1.53. The first-order valence-corrected chi connectivity index (χ1v) is 9.02. The third-order valence-electron chi connectivity index (χ3n) is 4.41. The highest BCUT2D eigenvalue weighted by molar-refractivity contribution is 5.96. The van der Waals surface area contributed by atoms with Crippen molar-refractivity contribution in [1.29, 1.82) is 0 Å². The van der Waals surface area contributed by atoms with Gasteiger partial charge < -0.3 is 16.0 Å². The molecule has 0 bridgehead atoms. The minimum atomic E-state index is -0.281. The van der Waals surface area contributed by atoms with Gasteiger partial charge in [-0.15, -0.1) is 0 Å². The van der Waals surface area contributed by atoms with Crippen LogP contribution in [0.15, 0.2) is 30.3 Å². The summed E-state index contributed by atoms with van der Waals surface area (Å²) < 4.78 is 0. The van der Waals surface area contributed by atoms with E-state index in [4.69, 9.17) is 0 Å². The lowest BCUT2D eigenvalue weighted by atomic mass is 9.87. The molecule has 0 radical (unpaired) electrons. The molecule has 0 atom stereocenters. The first kappa shape index (κ1) is 19.0. The Morgan fingerprint density at radius 2 is 1.48 bits per heavy atom. The number of benzene rings is 1. The summed E-state index contributed by atoms with van der Waals surface area (Å²) in [6.07, 6.45) is 6.61. The van der Waals surface area contributed by atoms with Crippen LogP contribution in [-0.4, -0.2) is 37.4 Å². The third-order valence-corrected chi connectivity index (χ3v) is 4.41. The van der Waals surface area contributed by atoms with Gasteiger partial charge >= 0.3 is 0 Å². The van der Waals surface area contributed by atoms with Crippen molar-refractivity contribution in [3.05, 3.63) is 35.9 Å². The van der Waals surface area contributed by atoms with Crippen molar-refractivity contribution >= 4 is 17.7 Å². The maximum absolute atomic E-state index is 11.8. The van der Waals surface area contributed by atoms with Crippen LogP contribution in [0, 0.1) is 5.92 Å². The van der Waals surface area contributed by atoms with Crippen molar-refractivity contribution in [3.8, 4) is 0 Å². The van der Waals surface area contributed by atoms with E-state index in [0.717, 1.165) is 12.8 Å². The third kappa shape index (κ3) is 7.37. The predicted octanol–water partition coefficient (Wildman–Crippen LogP) is 1.62. The summed E-state index contributed by atoms with van der Waals surface area (Å²) >= 11 is 0. The Kier molecular flexibility index (Phi) is 7.95. The van der Waals surface area contributed by atoms with E-state index in [1.54, 1.807) is 24.3 Å². The topological polar surface area (TPSA) is 87.3 Å². The average molecular weight is 345 g/mol. The number of hydrogen-bond acceptors (Lipinski definition) is 3. The number of hydrogen-bond donors (Lipinski definition) is 3. The molecule has 1 aromatic carbocycles. The quantitative estimate of drug-likeness (QED) is 0.626. The van der Waals surface area contributed by atoms with Gasteiger partial charge in [-0.25, -0.2) is 0 Å². The number of carbonyl (C=O) groups is 3. The summed E-state index contributed by atoms with van der Waals surface area (Å²) in [5, 5.41) is 8.08. The van der Waals surface area contributed by atoms with E-state index in [1.165, 1.54) is 19.3 Å². The molecule has 136 valence electrons. The molecule has 1 saturated carbocycles. The number of nitrogens with one attached hydrogen (secondary N) is 3. The molecule has 1 aliphatic rings. The zero-order valence-electron chi connectivity index (χ0n) is 14.6. The van der Waals surface area contributed by atoms with Gasteiger partial charge in [0.05, 0.1) is 6.54 Å². The molecule has 1 aliphatic carbocycles. The Morgan fingerprint density at radius 3 is 2.16 bits per heavy atom. The van der Waals surface area contributed by atoms with Gasteiger partial charge in [-0.05, 0) is 30.9 Å². The molecular formula is C19H27N3O3. The normalized spacial score (nSPS) is 14.6. The van der Waals surface area contributed by atoms with Crippen molar-refractivity contribution in [3.63, 3.8) is 0 Å². The molecule has 0 spiro atoms.